The number of carbonyl (C=O) groups excluding carboxylic acids is 2. The number of benzene rings is 1. The van der Waals surface area contributed by atoms with Gasteiger partial charge in [0.1, 0.15) is 6.33 Å². The van der Waals surface area contributed by atoms with Crippen LogP contribution < -0.4 is 10.9 Å². The van der Waals surface area contributed by atoms with Gasteiger partial charge in [-0.3, -0.25) is 20.4 Å². The Balaban J connectivity index is 1.57. The molecule has 2 heterocycles. The Morgan fingerprint density at radius 2 is 1.81 bits per heavy atom. The molecule has 8 nitrogen and oxygen atoms in total. The van der Waals surface area contributed by atoms with Crippen molar-refractivity contribution in [2.75, 3.05) is 0 Å². The van der Waals surface area contributed by atoms with Gasteiger partial charge in [-0.1, -0.05) is 17.7 Å². The molecular formula is C18H20N6O2. The van der Waals surface area contributed by atoms with Crippen LogP contribution >= 0.6 is 0 Å². The van der Waals surface area contributed by atoms with E-state index in [0.29, 0.717) is 17.8 Å². The molecular weight excluding hydrogens is 332 g/mol. The van der Waals surface area contributed by atoms with E-state index < -0.39 is 0 Å². The number of nitrogens with zero attached hydrogens (tertiary/aromatic N) is 4. The summed E-state index contributed by atoms with van der Waals surface area (Å²) >= 11 is 0. The molecule has 0 saturated heterocycles. The first-order valence-corrected chi connectivity index (χ1v) is 8.27. The van der Waals surface area contributed by atoms with Gasteiger partial charge in [-0.2, -0.15) is 10.1 Å². The first-order valence-electron chi connectivity index (χ1n) is 8.27. The van der Waals surface area contributed by atoms with Crippen molar-refractivity contribution in [1.82, 2.24) is 30.4 Å². The van der Waals surface area contributed by atoms with E-state index in [9.17, 15) is 9.59 Å². The molecule has 26 heavy (non-hydrogen) atoms. The standard InChI is InChI=1S/C18H20N6O2/c1-11-4-6-14(7-5-11)17(26)23-22-16(25)9-8-15-12(2)21-18-19-10-20-24(18)13(15)3/h4-7,10H,8-9H2,1-3H3,(H,22,25)(H,23,26). The Morgan fingerprint density at radius 1 is 1.08 bits per heavy atom. The lowest BCUT2D eigenvalue weighted by Crippen LogP contribution is -2.41. The summed E-state index contributed by atoms with van der Waals surface area (Å²) in [4.78, 5) is 32.5. The molecule has 134 valence electrons. The summed E-state index contributed by atoms with van der Waals surface area (Å²) in [6, 6.07) is 7.11. The van der Waals surface area contributed by atoms with Crippen molar-refractivity contribution < 1.29 is 9.59 Å². The van der Waals surface area contributed by atoms with E-state index in [0.717, 1.165) is 22.5 Å². The number of hydrazine groups is 1. The summed E-state index contributed by atoms with van der Waals surface area (Å²) in [5.41, 5.74) is 9.09. The molecule has 2 N–H and O–H groups in total. The predicted octanol–water partition coefficient (Wildman–Crippen LogP) is 1.44. The molecule has 0 aliphatic rings. The number of carbonyl (C=O) groups is 2. The fourth-order valence-electron chi connectivity index (χ4n) is 2.72. The molecule has 2 amide bonds. The Morgan fingerprint density at radius 3 is 2.54 bits per heavy atom. The maximum absolute atomic E-state index is 12.1. The smallest absolute Gasteiger partial charge is 0.269 e. The molecule has 0 aliphatic heterocycles. The minimum Gasteiger partial charge on any atom is -0.273 e. The van der Waals surface area contributed by atoms with Gasteiger partial charge in [-0.15, -0.1) is 0 Å². The van der Waals surface area contributed by atoms with Crippen molar-refractivity contribution in [1.29, 1.82) is 0 Å². The van der Waals surface area contributed by atoms with Crippen LogP contribution in [0.25, 0.3) is 5.78 Å². The minimum atomic E-state index is -0.351. The van der Waals surface area contributed by atoms with Gasteiger partial charge in [-0.05, 0) is 44.9 Å². The van der Waals surface area contributed by atoms with Crippen molar-refractivity contribution in [3.05, 3.63) is 58.7 Å². The van der Waals surface area contributed by atoms with Crippen molar-refractivity contribution in [3.63, 3.8) is 0 Å². The third kappa shape index (κ3) is 3.69. The Kier molecular flexibility index (Phi) is 4.92. The molecule has 0 spiro atoms. The number of nitrogens with one attached hydrogen (secondary N) is 2. The summed E-state index contributed by atoms with van der Waals surface area (Å²) < 4.78 is 1.65. The molecule has 0 saturated carbocycles. The highest BCUT2D eigenvalue weighted by atomic mass is 16.2. The Labute approximate surface area is 150 Å². The average molecular weight is 352 g/mol. The van der Waals surface area contributed by atoms with Gasteiger partial charge < -0.3 is 0 Å². The molecule has 0 bridgehead atoms. The summed E-state index contributed by atoms with van der Waals surface area (Å²) in [5, 5.41) is 4.13. The zero-order valence-electron chi connectivity index (χ0n) is 14.9. The van der Waals surface area contributed by atoms with Gasteiger partial charge in [-0.25, -0.2) is 9.50 Å². The van der Waals surface area contributed by atoms with Crippen LogP contribution in [-0.4, -0.2) is 31.4 Å². The van der Waals surface area contributed by atoms with E-state index >= 15 is 0 Å². The molecule has 0 atom stereocenters. The van der Waals surface area contributed by atoms with Gasteiger partial charge in [0.25, 0.3) is 11.7 Å². The zero-order valence-corrected chi connectivity index (χ0v) is 14.9. The van der Waals surface area contributed by atoms with E-state index in [-0.39, 0.29) is 18.2 Å². The highest BCUT2D eigenvalue weighted by Crippen LogP contribution is 2.14. The molecule has 8 heteroatoms. The van der Waals surface area contributed by atoms with Crippen LogP contribution in [0.1, 0.15) is 39.3 Å². The first-order chi connectivity index (χ1) is 12.5. The van der Waals surface area contributed by atoms with Gasteiger partial charge >= 0.3 is 0 Å². The van der Waals surface area contributed by atoms with Gasteiger partial charge in [0.2, 0.25) is 5.91 Å². The third-order valence-electron chi connectivity index (χ3n) is 4.22. The monoisotopic (exact) mass is 352 g/mol. The van der Waals surface area contributed by atoms with Gasteiger partial charge in [0.15, 0.2) is 0 Å². The van der Waals surface area contributed by atoms with Crippen molar-refractivity contribution in [2.24, 2.45) is 0 Å². The summed E-state index contributed by atoms with van der Waals surface area (Å²) in [5.74, 6) is -0.0853. The highest BCUT2D eigenvalue weighted by Gasteiger charge is 2.13. The first kappa shape index (κ1) is 17.5. The van der Waals surface area contributed by atoms with Crippen molar-refractivity contribution in [2.45, 2.75) is 33.6 Å². The van der Waals surface area contributed by atoms with Crippen LogP contribution in [0.3, 0.4) is 0 Å². The summed E-state index contributed by atoms with van der Waals surface area (Å²) in [6.45, 7) is 5.75. The number of aromatic nitrogens is 4. The molecule has 3 rings (SSSR count). The van der Waals surface area contributed by atoms with Crippen LogP contribution in [0.5, 0.6) is 0 Å². The fraction of sp³-hybridized carbons (Fsp3) is 0.278. The molecule has 3 aromatic rings. The maximum atomic E-state index is 12.1. The third-order valence-corrected chi connectivity index (χ3v) is 4.22. The molecule has 0 radical (unpaired) electrons. The second kappa shape index (κ2) is 7.30. The number of rotatable bonds is 4. The van der Waals surface area contributed by atoms with E-state index in [2.05, 4.69) is 25.9 Å². The lowest BCUT2D eigenvalue weighted by molar-refractivity contribution is -0.121. The molecule has 1 aromatic carbocycles. The topological polar surface area (TPSA) is 101 Å². The molecule has 0 fully saturated rings. The zero-order chi connectivity index (χ0) is 18.7. The van der Waals surface area contributed by atoms with E-state index in [1.54, 1.807) is 16.6 Å². The minimum absolute atomic E-state index is 0.220. The van der Waals surface area contributed by atoms with E-state index in [1.165, 1.54) is 6.33 Å². The summed E-state index contributed by atoms with van der Waals surface area (Å²) in [6.07, 6.45) is 2.16. The molecule has 2 aromatic heterocycles. The van der Waals surface area contributed by atoms with E-state index in [4.69, 9.17) is 0 Å². The quantitative estimate of drug-likeness (QED) is 0.692. The number of aryl methyl sites for hydroxylation is 3. The second-order valence-electron chi connectivity index (χ2n) is 6.10. The lowest BCUT2D eigenvalue weighted by atomic mass is 10.1. The Bertz CT molecular complexity index is 962. The molecule has 0 aliphatic carbocycles. The highest BCUT2D eigenvalue weighted by molar-refractivity contribution is 5.95. The van der Waals surface area contributed by atoms with Gasteiger partial charge in [0.05, 0.1) is 0 Å². The fourth-order valence-corrected chi connectivity index (χ4v) is 2.72. The Hall–Kier alpha value is -3.29. The second-order valence-corrected chi connectivity index (χ2v) is 6.10. The number of amides is 2. The normalized spacial score (nSPS) is 10.7. The number of fused-ring (bicyclic) bond motifs is 1. The van der Waals surface area contributed by atoms with Crippen LogP contribution in [0.2, 0.25) is 0 Å². The SMILES string of the molecule is Cc1ccc(C(=O)NNC(=O)CCc2c(C)nc3ncnn3c2C)cc1. The van der Waals surface area contributed by atoms with Crippen LogP contribution in [0.4, 0.5) is 0 Å². The van der Waals surface area contributed by atoms with Crippen molar-refractivity contribution in [3.8, 4) is 0 Å². The molecule has 0 unspecified atom stereocenters. The number of hydrogen-bond acceptors (Lipinski definition) is 5. The largest absolute Gasteiger partial charge is 0.273 e. The predicted molar refractivity (Wildman–Crippen MR) is 95.4 cm³/mol. The van der Waals surface area contributed by atoms with Crippen molar-refractivity contribution >= 4 is 17.6 Å². The van der Waals surface area contributed by atoms with Crippen LogP contribution in [-0.2, 0) is 11.2 Å². The van der Waals surface area contributed by atoms with E-state index in [1.807, 2.05) is 32.9 Å². The van der Waals surface area contributed by atoms with Crippen LogP contribution in [0, 0.1) is 20.8 Å². The summed E-state index contributed by atoms with van der Waals surface area (Å²) in [7, 11) is 0. The lowest BCUT2D eigenvalue weighted by Gasteiger charge is -2.11. The van der Waals surface area contributed by atoms with Gasteiger partial charge in [0, 0.05) is 23.4 Å². The average Bonchev–Trinajstić information content (AvgIpc) is 3.08. The number of hydrogen-bond donors (Lipinski definition) is 2. The van der Waals surface area contributed by atoms with Crippen LogP contribution in [0.15, 0.2) is 30.6 Å². The maximum Gasteiger partial charge on any atom is 0.269 e.